The van der Waals surface area contributed by atoms with Crippen LogP contribution in [0, 0.1) is 13.8 Å². The van der Waals surface area contributed by atoms with Crippen molar-refractivity contribution in [1.29, 1.82) is 0 Å². The van der Waals surface area contributed by atoms with E-state index in [1.807, 2.05) is 38.1 Å². The molecule has 174 valence electrons. The lowest BCUT2D eigenvalue weighted by Gasteiger charge is -2.14. The molecule has 8 nitrogen and oxygen atoms in total. The Hall–Kier alpha value is -2.71. The minimum Gasteiger partial charge on any atom is -0.493 e. The summed E-state index contributed by atoms with van der Waals surface area (Å²) in [6, 6.07) is 8.05. The molecule has 0 aliphatic rings. The van der Waals surface area contributed by atoms with Crippen molar-refractivity contribution in [2.24, 2.45) is 7.05 Å². The Morgan fingerprint density at radius 2 is 1.72 bits per heavy atom. The van der Waals surface area contributed by atoms with Crippen molar-refractivity contribution in [2.75, 3.05) is 19.8 Å². The molecule has 32 heavy (non-hydrogen) atoms. The number of aromatic nitrogens is 4. The predicted molar refractivity (Wildman–Crippen MR) is 121 cm³/mol. The predicted octanol–water partition coefficient (Wildman–Crippen LogP) is 4.95. The van der Waals surface area contributed by atoms with Gasteiger partial charge in [-0.25, -0.2) is 0 Å². The zero-order valence-corrected chi connectivity index (χ0v) is 19.8. The summed E-state index contributed by atoms with van der Waals surface area (Å²) >= 11 is 0. The molecule has 0 atom stereocenters. The molecule has 2 heterocycles. The summed E-state index contributed by atoms with van der Waals surface area (Å²) < 4.78 is 23.2. The largest absolute Gasteiger partial charge is 0.493 e. The number of hydrogen-bond acceptors (Lipinski definition) is 7. The molecule has 0 saturated carbocycles. The van der Waals surface area contributed by atoms with Crippen molar-refractivity contribution in [3.63, 3.8) is 0 Å². The number of hydrogen-bond donors (Lipinski definition) is 0. The van der Waals surface area contributed by atoms with Crippen LogP contribution in [0.5, 0.6) is 5.75 Å². The Kier molecular flexibility index (Phi) is 8.81. The normalized spacial score (nSPS) is 11.4. The number of ether oxygens (including phenoxy) is 3. The van der Waals surface area contributed by atoms with Crippen molar-refractivity contribution in [3.05, 3.63) is 46.9 Å². The maximum atomic E-state index is 6.09. The second-order valence-electron chi connectivity index (χ2n) is 7.75. The second-order valence-corrected chi connectivity index (χ2v) is 7.75. The van der Waals surface area contributed by atoms with Crippen LogP contribution in [0.4, 0.5) is 0 Å². The number of rotatable bonds is 13. The summed E-state index contributed by atoms with van der Waals surface area (Å²) in [6.45, 7) is 9.85. The van der Waals surface area contributed by atoms with Crippen LogP contribution >= 0.6 is 0 Å². The van der Waals surface area contributed by atoms with Gasteiger partial charge in [-0.3, -0.25) is 0 Å². The Balaban J connectivity index is 1.42. The van der Waals surface area contributed by atoms with E-state index in [0.29, 0.717) is 25.6 Å². The lowest BCUT2D eigenvalue weighted by molar-refractivity contribution is -0.150. The molecule has 0 aliphatic carbocycles. The van der Waals surface area contributed by atoms with Gasteiger partial charge in [0.1, 0.15) is 11.5 Å². The lowest BCUT2D eigenvalue weighted by Crippen LogP contribution is -2.07. The fourth-order valence-electron chi connectivity index (χ4n) is 3.63. The van der Waals surface area contributed by atoms with Gasteiger partial charge in [0.2, 0.25) is 12.1 Å². The van der Waals surface area contributed by atoms with Crippen LogP contribution < -0.4 is 4.74 Å². The highest BCUT2D eigenvalue weighted by atomic mass is 16.7. The minimum absolute atomic E-state index is 0.422. The van der Waals surface area contributed by atoms with Crippen molar-refractivity contribution >= 4 is 0 Å². The fraction of sp³-hybridized carbons (Fsp3) is 0.542. The fourth-order valence-corrected chi connectivity index (χ4v) is 3.63. The number of aryl methyl sites for hydroxylation is 4. The summed E-state index contributed by atoms with van der Waals surface area (Å²) in [5.74, 6) is 3.26. The average Bonchev–Trinajstić information content (AvgIpc) is 3.41. The molecular formula is C24H34N4O4. The van der Waals surface area contributed by atoms with Gasteiger partial charge in [-0.15, -0.1) is 10.2 Å². The third-order valence-electron chi connectivity index (χ3n) is 5.09. The maximum absolute atomic E-state index is 6.09. The van der Waals surface area contributed by atoms with Crippen LogP contribution in [0.15, 0.2) is 28.7 Å². The Morgan fingerprint density at radius 1 is 1.00 bits per heavy atom. The molecule has 1 aromatic carbocycles. The zero-order valence-electron chi connectivity index (χ0n) is 19.8. The molecule has 3 rings (SSSR count). The van der Waals surface area contributed by atoms with Crippen LogP contribution in [0.3, 0.4) is 0 Å². The molecule has 0 aliphatic heterocycles. The molecule has 0 fully saturated rings. The topological polar surface area (TPSA) is 84.4 Å². The van der Waals surface area contributed by atoms with Gasteiger partial charge < -0.3 is 18.6 Å². The molecule has 0 N–H and O–H groups in total. The summed E-state index contributed by atoms with van der Waals surface area (Å²) in [6.07, 6.45) is 3.56. The second kappa shape index (κ2) is 11.8. The third kappa shape index (κ3) is 6.40. The van der Waals surface area contributed by atoms with E-state index < -0.39 is 6.29 Å². The Morgan fingerprint density at radius 3 is 2.34 bits per heavy atom. The van der Waals surface area contributed by atoms with Gasteiger partial charge in [-0.05, 0) is 87.6 Å². The van der Waals surface area contributed by atoms with Gasteiger partial charge in [0.05, 0.1) is 13.7 Å². The Bertz CT molecular complexity index is 953. The third-order valence-corrected chi connectivity index (χ3v) is 5.09. The first kappa shape index (κ1) is 23.9. The van der Waals surface area contributed by atoms with Gasteiger partial charge in [0, 0.05) is 25.2 Å². The smallest absolute Gasteiger partial charge is 0.217 e. The molecule has 0 unspecified atom stereocenters. The van der Waals surface area contributed by atoms with E-state index in [2.05, 4.69) is 29.3 Å². The molecule has 8 heteroatoms. The van der Waals surface area contributed by atoms with E-state index in [9.17, 15) is 0 Å². The lowest BCUT2D eigenvalue weighted by atomic mass is 10.1. The van der Waals surface area contributed by atoms with Crippen molar-refractivity contribution in [1.82, 2.24) is 20.2 Å². The molecule has 2 aromatic heterocycles. The van der Waals surface area contributed by atoms with E-state index in [1.54, 1.807) is 7.05 Å². The quantitative estimate of drug-likeness (QED) is 0.273. The number of benzene rings is 1. The summed E-state index contributed by atoms with van der Waals surface area (Å²) in [7, 11) is 1.76. The van der Waals surface area contributed by atoms with E-state index in [-0.39, 0.29) is 0 Å². The Labute approximate surface area is 189 Å². The van der Waals surface area contributed by atoms with Crippen LogP contribution in [0.2, 0.25) is 0 Å². The molecule has 0 bridgehead atoms. The molecular weight excluding hydrogens is 408 g/mol. The molecule has 0 amide bonds. The maximum Gasteiger partial charge on any atom is 0.217 e. The number of tetrazole rings is 1. The van der Waals surface area contributed by atoms with Crippen molar-refractivity contribution in [2.45, 2.75) is 59.7 Å². The molecule has 0 radical (unpaired) electrons. The monoisotopic (exact) mass is 442 g/mol. The molecule has 3 aromatic rings. The van der Waals surface area contributed by atoms with Gasteiger partial charge in [-0.2, -0.15) is 4.80 Å². The van der Waals surface area contributed by atoms with Crippen molar-refractivity contribution in [3.8, 4) is 17.1 Å². The summed E-state index contributed by atoms with van der Waals surface area (Å²) in [5, 5.41) is 12.3. The highest BCUT2D eigenvalue weighted by molar-refractivity contribution is 5.60. The number of unbranched alkanes of at least 4 members (excludes halogenated alkanes) is 2. The number of nitrogens with zero attached hydrogens (tertiary/aromatic N) is 4. The van der Waals surface area contributed by atoms with Gasteiger partial charge in [0.25, 0.3) is 0 Å². The molecule has 0 saturated heterocycles. The van der Waals surface area contributed by atoms with Crippen molar-refractivity contribution < 1.29 is 18.6 Å². The van der Waals surface area contributed by atoms with Crippen LogP contribution in [0.25, 0.3) is 11.4 Å². The first-order valence-electron chi connectivity index (χ1n) is 11.3. The average molecular weight is 443 g/mol. The SMILES string of the molecule is CCOC(OCC)c1ccc(CCCCCOc2c(C)cc(-c3nnn(C)n3)cc2C)o1. The van der Waals surface area contributed by atoms with E-state index in [0.717, 1.165) is 59.6 Å². The summed E-state index contributed by atoms with van der Waals surface area (Å²) in [5.41, 5.74) is 3.11. The van der Waals surface area contributed by atoms with Gasteiger partial charge in [0.15, 0.2) is 5.76 Å². The van der Waals surface area contributed by atoms with Gasteiger partial charge >= 0.3 is 0 Å². The summed E-state index contributed by atoms with van der Waals surface area (Å²) in [4.78, 5) is 1.46. The van der Waals surface area contributed by atoms with E-state index >= 15 is 0 Å². The standard InChI is InChI=1S/C24H34N4O4/c1-6-29-24(30-7-2)21-13-12-20(32-21)11-9-8-10-14-31-22-17(3)15-19(16-18(22)4)23-25-27-28(5)26-23/h12-13,15-16,24H,6-11,14H2,1-5H3. The van der Waals surface area contributed by atoms with E-state index in [1.165, 1.54) is 4.80 Å². The van der Waals surface area contributed by atoms with E-state index in [4.69, 9.17) is 18.6 Å². The zero-order chi connectivity index (χ0) is 22.9. The minimum atomic E-state index is -0.422. The van der Waals surface area contributed by atoms with Crippen LogP contribution in [-0.2, 0) is 22.9 Å². The first-order chi connectivity index (χ1) is 15.5. The molecule has 0 spiro atoms. The highest BCUT2D eigenvalue weighted by Crippen LogP contribution is 2.29. The van der Waals surface area contributed by atoms with Crippen LogP contribution in [-0.4, -0.2) is 40.0 Å². The van der Waals surface area contributed by atoms with Gasteiger partial charge in [-0.1, -0.05) is 0 Å². The number of furan rings is 1. The first-order valence-corrected chi connectivity index (χ1v) is 11.3. The highest BCUT2D eigenvalue weighted by Gasteiger charge is 2.16. The van der Waals surface area contributed by atoms with Crippen LogP contribution in [0.1, 0.15) is 62.0 Å².